The van der Waals surface area contributed by atoms with Gasteiger partial charge in [0.1, 0.15) is 0 Å². The summed E-state index contributed by atoms with van der Waals surface area (Å²) in [5.41, 5.74) is 1.51. The highest BCUT2D eigenvalue weighted by molar-refractivity contribution is 5.53. The molecule has 0 amide bonds. The van der Waals surface area contributed by atoms with Crippen molar-refractivity contribution in [2.24, 2.45) is 0 Å². The number of benzene rings is 1. The van der Waals surface area contributed by atoms with Crippen molar-refractivity contribution in [3.8, 4) is 11.5 Å². The van der Waals surface area contributed by atoms with Crippen molar-refractivity contribution in [2.75, 3.05) is 6.54 Å². The second kappa shape index (κ2) is 6.71. The molecule has 4 nitrogen and oxygen atoms in total. The van der Waals surface area contributed by atoms with Crippen LogP contribution in [-0.2, 0) is 12.7 Å². The van der Waals surface area contributed by atoms with Gasteiger partial charge in [-0.05, 0) is 30.7 Å². The van der Waals surface area contributed by atoms with Crippen LogP contribution in [0.2, 0.25) is 0 Å². The number of nitrogens with zero attached hydrogens (tertiary/aromatic N) is 2. The van der Waals surface area contributed by atoms with Crippen LogP contribution in [0, 0.1) is 0 Å². The van der Waals surface area contributed by atoms with Gasteiger partial charge in [-0.15, -0.1) is 10.2 Å². The van der Waals surface area contributed by atoms with E-state index < -0.39 is 12.1 Å². The average molecular weight is 299 g/mol. The molecule has 1 heterocycles. The lowest BCUT2D eigenvalue weighted by molar-refractivity contribution is -0.156. The van der Waals surface area contributed by atoms with Crippen LogP contribution in [0.3, 0.4) is 0 Å². The van der Waals surface area contributed by atoms with Crippen molar-refractivity contribution in [2.45, 2.75) is 32.5 Å². The lowest BCUT2D eigenvalue weighted by Crippen LogP contribution is -2.14. The molecule has 0 aliphatic carbocycles. The molecule has 0 atom stereocenters. The maximum atomic E-state index is 12.4. The smallest absolute Gasteiger partial charge is 0.413 e. The van der Waals surface area contributed by atoms with Crippen molar-refractivity contribution in [1.29, 1.82) is 0 Å². The Kier molecular flexibility index (Phi) is 4.95. The Balaban J connectivity index is 2.00. The van der Waals surface area contributed by atoms with Gasteiger partial charge >= 0.3 is 12.1 Å². The number of hydrogen-bond donors (Lipinski definition) is 1. The molecule has 1 N–H and O–H groups in total. The minimum absolute atomic E-state index is 0.132. The van der Waals surface area contributed by atoms with Crippen molar-refractivity contribution < 1.29 is 17.6 Å². The maximum Gasteiger partial charge on any atom is 0.470 e. The number of hydrogen-bond acceptors (Lipinski definition) is 4. The Hall–Kier alpha value is -1.89. The predicted octanol–water partition coefficient (Wildman–Crippen LogP) is 3.65. The normalized spacial score (nSPS) is 11.8. The maximum absolute atomic E-state index is 12.4. The predicted molar refractivity (Wildman–Crippen MR) is 71.4 cm³/mol. The third kappa shape index (κ3) is 4.29. The Labute approximate surface area is 120 Å². The number of halogens is 3. The fourth-order valence-electron chi connectivity index (χ4n) is 1.75. The molecule has 0 saturated carbocycles. The Morgan fingerprint density at radius 1 is 1.14 bits per heavy atom. The van der Waals surface area contributed by atoms with E-state index in [1.807, 2.05) is 12.1 Å². The zero-order valence-electron chi connectivity index (χ0n) is 11.6. The van der Waals surface area contributed by atoms with Crippen LogP contribution < -0.4 is 5.32 Å². The van der Waals surface area contributed by atoms with Crippen LogP contribution in [-0.4, -0.2) is 16.7 Å². The van der Waals surface area contributed by atoms with E-state index in [0.29, 0.717) is 5.56 Å². The summed E-state index contributed by atoms with van der Waals surface area (Å²) < 4.78 is 41.8. The number of rotatable bonds is 6. The molecule has 7 heteroatoms. The van der Waals surface area contributed by atoms with E-state index in [1.54, 1.807) is 12.1 Å². The molecule has 0 unspecified atom stereocenters. The molecule has 0 fully saturated rings. The van der Waals surface area contributed by atoms with Gasteiger partial charge in [-0.3, -0.25) is 0 Å². The van der Waals surface area contributed by atoms with Gasteiger partial charge in [0.15, 0.2) is 0 Å². The Bertz CT molecular complexity index is 564. The zero-order chi connectivity index (χ0) is 15.3. The first kappa shape index (κ1) is 15.5. The monoisotopic (exact) mass is 299 g/mol. The summed E-state index contributed by atoms with van der Waals surface area (Å²) in [6.45, 7) is 3.78. The molecule has 0 bridgehead atoms. The standard InChI is InChI=1S/C14H16F3N3O/c1-2-3-8-18-9-10-4-6-11(7-5-10)12-19-20-13(21-12)14(15,16)17/h4-7,18H,2-3,8-9H2,1H3. The fourth-order valence-corrected chi connectivity index (χ4v) is 1.75. The van der Waals surface area contributed by atoms with E-state index in [4.69, 9.17) is 0 Å². The summed E-state index contributed by atoms with van der Waals surface area (Å²) in [5.74, 6) is -1.46. The van der Waals surface area contributed by atoms with Crippen LogP contribution in [0.4, 0.5) is 13.2 Å². The third-order valence-corrected chi connectivity index (χ3v) is 2.90. The summed E-state index contributed by atoms with van der Waals surface area (Å²) in [6.07, 6.45) is -2.38. The van der Waals surface area contributed by atoms with E-state index >= 15 is 0 Å². The summed E-state index contributed by atoms with van der Waals surface area (Å²) in [4.78, 5) is 0. The first-order valence-corrected chi connectivity index (χ1v) is 6.71. The molecule has 0 aliphatic heterocycles. The van der Waals surface area contributed by atoms with Gasteiger partial charge in [0.2, 0.25) is 5.89 Å². The first-order chi connectivity index (χ1) is 10.0. The minimum Gasteiger partial charge on any atom is -0.413 e. The van der Waals surface area contributed by atoms with Crippen LogP contribution >= 0.6 is 0 Å². The van der Waals surface area contributed by atoms with Gasteiger partial charge in [0.05, 0.1) is 0 Å². The van der Waals surface area contributed by atoms with Gasteiger partial charge in [-0.2, -0.15) is 13.2 Å². The van der Waals surface area contributed by atoms with Gasteiger partial charge in [0, 0.05) is 12.1 Å². The molecule has 1 aromatic heterocycles. The Morgan fingerprint density at radius 3 is 2.43 bits per heavy atom. The lowest BCUT2D eigenvalue weighted by Gasteiger charge is -2.04. The van der Waals surface area contributed by atoms with E-state index in [1.165, 1.54) is 0 Å². The molecule has 114 valence electrons. The highest BCUT2D eigenvalue weighted by Crippen LogP contribution is 2.30. The molecule has 0 aliphatic rings. The van der Waals surface area contributed by atoms with E-state index in [0.717, 1.165) is 31.5 Å². The summed E-state index contributed by atoms with van der Waals surface area (Å²) in [6, 6.07) is 6.99. The topological polar surface area (TPSA) is 51.0 Å². The zero-order valence-corrected chi connectivity index (χ0v) is 11.6. The largest absolute Gasteiger partial charge is 0.470 e. The molecule has 2 aromatic rings. The van der Waals surface area contributed by atoms with Crippen molar-refractivity contribution in [3.05, 3.63) is 35.7 Å². The SMILES string of the molecule is CCCCNCc1ccc(-c2nnc(C(F)(F)F)o2)cc1. The van der Waals surface area contributed by atoms with Crippen LogP contribution in [0.25, 0.3) is 11.5 Å². The van der Waals surface area contributed by atoms with E-state index in [2.05, 4.69) is 26.9 Å². The van der Waals surface area contributed by atoms with Gasteiger partial charge < -0.3 is 9.73 Å². The molecular weight excluding hydrogens is 283 g/mol. The number of alkyl halides is 3. The third-order valence-electron chi connectivity index (χ3n) is 2.90. The highest BCUT2D eigenvalue weighted by Gasteiger charge is 2.38. The van der Waals surface area contributed by atoms with Gasteiger partial charge in [-0.1, -0.05) is 25.5 Å². The first-order valence-electron chi connectivity index (χ1n) is 6.71. The second-order valence-electron chi connectivity index (χ2n) is 4.64. The highest BCUT2D eigenvalue weighted by atomic mass is 19.4. The summed E-state index contributed by atoms with van der Waals surface area (Å²) >= 11 is 0. The van der Waals surface area contributed by atoms with E-state index in [9.17, 15) is 13.2 Å². The van der Waals surface area contributed by atoms with Gasteiger partial charge in [0.25, 0.3) is 0 Å². The van der Waals surface area contributed by atoms with Gasteiger partial charge in [-0.25, -0.2) is 0 Å². The molecular formula is C14H16F3N3O. The molecule has 0 radical (unpaired) electrons. The molecule has 0 saturated heterocycles. The minimum atomic E-state index is -4.62. The second-order valence-corrected chi connectivity index (χ2v) is 4.64. The average Bonchev–Trinajstić information content (AvgIpc) is 2.94. The fraction of sp³-hybridized carbons (Fsp3) is 0.429. The van der Waals surface area contributed by atoms with Crippen LogP contribution in [0.1, 0.15) is 31.2 Å². The van der Waals surface area contributed by atoms with Crippen molar-refractivity contribution in [1.82, 2.24) is 15.5 Å². The van der Waals surface area contributed by atoms with Crippen LogP contribution in [0.5, 0.6) is 0 Å². The van der Waals surface area contributed by atoms with E-state index in [-0.39, 0.29) is 5.89 Å². The molecule has 1 aromatic carbocycles. The number of unbranched alkanes of at least 4 members (excludes halogenated alkanes) is 1. The summed E-state index contributed by atoms with van der Waals surface area (Å²) in [7, 11) is 0. The summed E-state index contributed by atoms with van der Waals surface area (Å²) in [5, 5.41) is 9.70. The molecule has 0 spiro atoms. The van der Waals surface area contributed by atoms with Crippen molar-refractivity contribution >= 4 is 0 Å². The number of aromatic nitrogens is 2. The molecule has 2 rings (SSSR count). The van der Waals surface area contributed by atoms with Crippen molar-refractivity contribution in [3.63, 3.8) is 0 Å². The number of nitrogens with one attached hydrogen (secondary N) is 1. The molecule has 21 heavy (non-hydrogen) atoms. The van der Waals surface area contributed by atoms with Crippen LogP contribution in [0.15, 0.2) is 28.7 Å². The Morgan fingerprint density at radius 2 is 1.86 bits per heavy atom. The quantitative estimate of drug-likeness (QED) is 0.827. The lowest BCUT2D eigenvalue weighted by atomic mass is 10.1.